The van der Waals surface area contributed by atoms with Crippen molar-refractivity contribution in [3.63, 3.8) is 0 Å². The van der Waals surface area contributed by atoms with E-state index in [9.17, 15) is 0 Å². The Hall–Kier alpha value is -12.6. The van der Waals surface area contributed by atoms with Gasteiger partial charge in [0.1, 0.15) is 22.3 Å². The molecule has 0 bridgehead atoms. The Kier molecular flexibility index (Phi) is 29.2. The van der Waals surface area contributed by atoms with Gasteiger partial charge >= 0.3 is 0 Å². The monoisotopic (exact) mass is 2110 g/mol. The second-order valence-corrected chi connectivity index (χ2v) is 38.1. The van der Waals surface area contributed by atoms with E-state index in [2.05, 4.69) is 471 Å². The minimum atomic E-state index is -0.695. The fraction of sp³-hybridized carbons (Fsp3) is 0.0164. The van der Waals surface area contributed by atoms with E-state index < -0.39 is 31.0 Å². The number of benzene rings is 20. The summed E-state index contributed by atoms with van der Waals surface area (Å²) in [4.78, 5) is 3.55. The van der Waals surface area contributed by atoms with Crippen LogP contribution >= 0.6 is 15.9 Å². The molecule has 668 valence electrons. The summed E-state index contributed by atoms with van der Waals surface area (Å²) in [7, 11) is 39.5. The van der Waals surface area contributed by atoms with Gasteiger partial charge < -0.3 is 27.5 Å². The molecule has 0 saturated heterocycles. The first kappa shape index (κ1) is 102. The van der Waals surface area contributed by atoms with Crippen LogP contribution in [-0.2, 0) is 104 Å². The second-order valence-electron chi connectivity index (χ2n) is 37.2. The van der Waals surface area contributed by atoms with Gasteiger partial charge in [0.25, 0.3) is 0 Å². The Morgan fingerprint density at radius 2 is 0.585 bits per heavy atom. The summed E-state index contributed by atoms with van der Waals surface area (Å²) in [6.45, 7) is 0. The van der Waals surface area contributed by atoms with E-state index in [0.717, 1.165) is 87.4 Å². The number of rotatable bonds is 14. The van der Waals surface area contributed by atoms with Crippen molar-refractivity contribution in [2.45, 2.75) is 10.8 Å². The number of aromatic nitrogens is 4. The van der Waals surface area contributed by atoms with Gasteiger partial charge in [0.15, 0.2) is 0 Å². The quantitative estimate of drug-likeness (QED) is 0.110. The number of aromatic amines is 1. The molecule has 6 aromatic heterocycles. The maximum absolute atomic E-state index is 6.31. The molecule has 6 heterocycles. The molecule has 147 heavy (non-hydrogen) atoms. The number of halogens is 1. The molecule has 6 nitrogen and oxygen atoms in total. The van der Waals surface area contributed by atoms with Gasteiger partial charge in [0.05, 0.1) is 49.6 Å². The predicted molar refractivity (Wildman–Crippen MR) is 614 cm³/mol. The minimum Gasteiger partial charge on any atom is -0.456 e. The van der Waals surface area contributed by atoms with Gasteiger partial charge in [0.2, 0.25) is 0 Å². The van der Waals surface area contributed by atoms with Crippen molar-refractivity contribution in [2.75, 3.05) is 0 Å². The van der Waals surface area contributed by atoms with E-state index in [4.69, 9.17) is 63.0 Å². The molecule has 0 unspecified atom stereocenters. The molecule has 20 radical (unpaired) electrons. The van der Waals surface area contributed by atoms with Gasteiger partial charge in [-0.15, -0.1) is 0 Å². The predicted octanol–water partition coefficient (Wildman–Crippen LogP) is 27.6. The molecule has 0 fully saturated rings. The summed E-state index contributed by atoms with van der Waals surface area (Å²) in [5.41, 5.74) is 36.0. The van der Waals surface area contributed by atoms with Gasteiger partial charge in [-0.25, -0.2) is 0 Å². The number of para-hydroxylation sites is 6. The number of hydrogen-bond acceptors (Lipinski definition) is 2. The van der Waals surface area contributed by atoms with Crippen molar-refractivity contribution < 1.29 is 102 Å². The van der Waals surface area contributed by atoms with Crippen LogP contribution in [0.15, 0.2) is 474 Å². The third-order valence-electron chi connectivity index (χ3n) is 29.6. The molecule has 25 heteroatoms. The van der Waals surface area contributed by atoms with Crippen LogP contribution < -0.4 is 0 Å². The Balaban J connectivity index is 0.000000134. The normalized spacial score (nSPS) is 12.1. The zero-order valence-corrected chi connectivity index (χ0v) is 88.2. The first-order valence-corrected chi connectivity index (χ1v) is 49.0. The average Bonchev–Trinajstić information content (AvgIpc) is 1.50. The van der Waals surface area contributed by atoms with Gasteiger partial charge in [0, 0.05) is 289 Å². The molecule has 1 N–H and O–H groups in total. The van der Waals surface area contributed by atoms with E-state index >= 15 is 0 Å². The summed E-state index contributed by atoms with van der Waals surface area (Å²) in [5.74, 6) is 0. The Bertz CT molecular complexity index is 9370. The summed E-state index contributed by atoms with van der Waals surface area (Å²) >= 11 is 3.81. The van der Waals surface area contributed by atoms with E-state index in [-0.39, 0.29) is 105 Å². The molecule has 0 atom stereocenters. The maximum atomic E-state index is 6.31. The summed E-state index contributed by atoms with van der Waals surface area (Å²) < 4.78 is 21.0. The molecule has 0 spiro atoms. The van der Waals surface area contributed by atoms with Crippen molar-refractivity contribution in [3.8, 4) is 61.6 Å². The summed E-state index contributed by atoms with van der Waals surface area (Å²) in [6.07, 6.45) is -2.87. The van der Waals surface area contributed by atoms with E-state index in [1.54, 1.807) is 0 Å². The topological polar surface area (TPSA) is 56.9 Å². The van der Waals surface area contributed by atoms with Crippen LogP contribution in [0.25, 0.3) is 193 Å². The van der Waals surface area contributed by atoms with Gasteiger partial charge in [-0.2, -0.15) is 0 Å². The number of H-pyrrole nitrogens is 1. The summed E-state index contributed by atoms with van der Waals surface area (Å²) in [5, 5.41) is 14.5. The second kappa shape index (κ2) is 42.2. The SMILES string of the molecule is Brc1cccc2c1-c1ccccc1C2(c1ccccc1)c1ccccc1.[B][B]B(B([B])[B])B(B([B])[B])B([B])[B].[V].[V].[V].[V].[V].c1ccc(C2(c3ccccc3)c3ccccc3-c3c(-n4c5ccccc5c5cc(-n6c7ccccc7c7cc(-c8ccc9c(c8)oc8ccccc89)ccc76)ccc54)cccc32)cc1.c1ccc2c(c1)[nH]c1ccc(-n3c4ccccc4c4cc(-c5ccc6c(c5)oc5ccccc56)ccc43)cc12. The maximum Gasteiger partial charge on any atom is 0.136 e. The fourth-order valence-electron chi connectivity index (χ4n) is 23.4. The minimum absolute atomic E-state index is 0. The van der Waals surface area contributed by atoms with Crippen molar-refractivity contribution in [1.82, 2.24) is 18.7 Å². The number of furan rings is 2. The molecule has 0 amide bonds. The number of nitrogens with zero attached hydrogens (tertiary/aromatic N) is 3. The van der Waals surface area contributed by atoms with Gasteiger partial charge in [-0.05, 0) is 211 Å². The van der Waals surface area contributed by atoms with Crippen LogP contribution in [0.5, 0.6) is 0 Å². The molecular weight excluding hydrogens is 2030 g/mol. The first-order chi connectivity index (χ1) is 69.8. The van der Waals surface area contributed by atoms with Crippen molar-refractivity contribution in [2.24, 2.45) is 0 Å². The smallest absolute Gasteiger partial charge is 0.136 e. The fourth-order valence-corrected chi connectivity index (χ4v) is 24.0. The van der Waals surface area contributed by atoms with Gasteiger partial charge in [-0.3, -0.25) is 0 Å². The Morgan fingerprint density at radius 1 is 0.252 bits per heavy atom. The third-order valence-corrected chi connectivity index (χ3v) is 30.2. The Labute approximate surface area is 933 Å². The molecule has 26 aromatic rings. The molecule has 2 aliphatic rings. The van der Waals surface area contributed by atoms with Crippen LogP contribution in [0.4, 0.5) is 0 Å². The van der Waals surface area contributed by atoms with Crippen molar-refractivity contribution >= 4 is 240 Å². The van der Waals surface area contributed by atoms with E-state index in [1.165, 1.54) is 161 Å². The van der Waals surface area contributed by atoms with E-state index in [1.807, 2.05) is 24.3 Å². The third kappa shape index (κ3) is 17.1. The Morgan fingerprint density at radius 3 is 1.05 bits per heavy atom. The number of fused-ring (bicyclic) bond motifs is 24. The molecule has 20 aromatic carbocycles. The van der Waals surface area contributed by atoms with Crippen molar-refractivity contribution in [1.29, 1.82) is 0 Å². The zero-order chi connectivity index (χ0) is 95.6. The van der Waals surface area contributed by atoms with Crippen LogP contribution in [0.1, 0.15) is 44.5 Å². The average molecular weight is 2110 g/mol. The van der Waals surface area contributed by atoms with Crippen molar-refractivity contribution in [3.05, 3.63) is 510 Å². The van der Waals surface area contributed by atoms with Gasteiger partial charge in [-0.1, -0.05) is 344 Å². The van der Waals surface area contributed by atoms with Crippen LogP contribution in [0.3, 0.4) is 0 Å². The van der Waals surface area contributed by atoms with E-state index in [0.29, 0.717) is 0 Å². The number of nitrogens with one attached hydrogen (secondary N) is 1. The molecule has 0 saturated carbocycles. The summed E-state index contributed by atoms with van der Waals surface area (Å²) in [6, 6.07) is 167. The zero-order valence-electron chi connectivity index (χ0n) is 79.7. The molecular formula is C122H77B13BrN4O2V5. The van der Waals surface area contributed by atoms with Crippen LogP contribution in [0.2, 0.25) is 0 Å². The first-order valence-electron chi connectivity index (χ1n) is 48.2. The number of hydrogen-bond donors (Lipinski definition) is 1. The van der Waals surface area contributed by atoms with Crippen LogP contribution in [-0.4, -0.2) is 112 Å². The largest absolute Gasteiger partial charge is 0.456 e. The molecule has 0 aliphatic heterocycles. The molecule has 2 aliphatic carbocycles. The standard InChI is InChI=1S/C61H38N2O.C36H22N2O.C25H17Br.B13.5V/c1-3-16-41(17-4-1)61(42-18-5-2-6-19-42)51-24-11-7-23-48(51)60-52(61)25-15-28-57(60)63-54-27-13-9-21-45(54)50-38-43(32-35-56(50)63)62-53-26-12-8-20-44(53)49-36-39(31-34-55(49)62)40-30-33-47-46-22-10-14-29-58(46)64-59(47)37-40;1-4-10-31-25(7-1)29-21-24(15-17-32(29)37-31)38-33-11-5-2-8-26(33)30-19-22(14-18-34(30)38)23-13-16-28-27-9-3-6-12-35(27)39-36(28)20-23;26-23-17-9-16-22-24(23)20-14-7-8-15-21(20)25(22,18-10-3-1-4-11-18)19-12-5-2-6-13-19;1-8-12(9(2)3)13(10(4)5)11(6)7;;;;;/h1-38H;1-21,37H;1-17H;;;;;;. The molecule has 28 rings (SSSR count). The van der Waals surface area contributed by atoms with Crippen LogP contribution in [0, 0.1) is 0 Å².